The smallest absolute Gasteiger partial charge is 0.0542 e. The zero-order valence-electron chi connectivity index (χ0n) is 24.7. The van der Waals surface area contributed by atoms with Gasteiger partial charge in [0.15, 0.2) is 0 Å². The average molecular weight is 576 g/mol. The highest BCUT2D eigenvalue weighted by molar-refractivity contribution is 6.12. The Kier molecular flexibility index (Phi) is 5.11. The number of hydrogen-bond acceptors (Lipinski definition) is 0. The molecule has 3 nitrogen and oxygen atoms in total. The quantitative estimate of drug-likeness (QED) is 0.199. The maximum absolute atomic E-state index is 2.48. The summed E-state index contributed by atoms with van der Waals surface area (Å²) < 4.78 is 7.32. The molecule has 10 rings (SSSR count). The van der Waals surface area contributed by atoms with Gasteiger partial charge < -0.3 is 13.7 Å². The highest BCUT2D eigenvalue weighted by Gasteiger charge is 2.20. The van der Waals surface area contributed by atoms with E-state index in [-0.39, 0.29) is 0 Å². The third-order valence-corrected chi connectivity index (χ3v) is 9.69. The minimum atomic E-state index is 1.05. The van der Waals surface area contributed by atoms with E-state index in [0.29, 0.717) is 0 Å². The van der Waals surface area contributed by atoms with E-state index in [9.17, 15) is 0 Å². The zero-order chi connectivity index (χ0) is 29.5. The topological polar surface area (TPSA) is 14.8 Å². The van der Waals surface area contributed by atoms with E-state index in [2.05, 4.69) is 165 Å². The van der Waals surface area contributed by atoms with Crippen molar-refractivity contribution in [1.82, 2.24) is 13.7 Å². The van der Waals surface area contributed by atoms with Crippen molar-refractivity contribution in [2.24, 2.45) is 0 Å². The predicted octanol–water partition coefficient (Wildman–Crippen LogP) is 10.8. The van der Waals surface area contributed by atoms with Crippen LogP contribution in [-0.4, -0.2) is 13.7 Å². The van der Waals surface area contributed by atoms with Crippen LogP contribution in [0.4, 0.5) is 0 Å². The van der Waals surface area contributed by atoms with Crippen LogP contribution in [0.25, 0.3) is 77.7 Å². The van der Waals surface area contributed by atoms with E-state index in [4.69, 9.17) is 0 Å². The van der Waals surface area contributed by atoms with Crippen LogP contribution in [-0.2, 0) is 6.42 Å². The summed E-state index contributed by atoms with van der Waals surface area (Å²) >= 11 is 0. The van der Waals surface area contributed by atoms with Crippen LogP contribution in [0.1, 0.15) is 17.7 Å². The molecule has 1 aliphatic rings. The van der Waals surface area contributed by atoms with Gasteiger partial charge in [0.05, 0.1) is 27.6 Å². The number of aromatic nitrogens is 3. The molecule has 0 bridgehead atoms. The van der Waals surface area contributed by atoms with Gasteiger partial charge in [-0.15, -0.1) is 0 Å². The Labute approximate surface area is 260 Å². The van der Waals surface area contributed by atoms with Gasteiger partial charge in [-0.05, 0) is 73.5 Å². The highest BCUT2D eigenvalue weighted by atomic mass is 15.0. The molecule has 212 valence electrons. The Bertz CT molecular complexity index is 2600. The van der Waals surface area contributed by atoms with Gasteiger partial charge in [0.25, 0.3) is 0 Å². The second-order valence-electron chi connectivity index (χ2n) is 12.1. The first kappa shape index (κ1) is 24.6. The third kappa shape index (κ3) is 3.46. The summed E-state index contributed by atoms with van der Waals surface area (Å²) in [5.74, 6) is 0. The van der Waals surface area contributed by atoms with E-state index in [1.54, 1.807) is 0 Å². The molecule has 3 aromatic heterocycles. The van der Waals surface area contributed by atoms with Crippen LogP contribution in [0.3, 0.4) is 0 Å². The first-order valence-electron chi connectivity index (χ1n) is 15.8. The minimum Gasteiger partial charge on any atom is -0.313 e. The minimum absolute atomic E-state index is 1.05. The first-order valence-corrected chi connectivity index (χ1v) is 15.8. The monoisotopic (exact) mass is 575 g/mol. The fraction of sp³-hybridized carbons (Fsp3) is 0.0476. The van der Waals surface area contributed by atoms with Crippen molar-refractivity contribution >= 4 is 60.6 Å². The van der Waals surface area contributed by atoms with Crippen molar-refractivity contribution in [3.8, 4) is 17.1 Å². The first-order chi connectivity index (χ1) is 22.3. The maximum atomic E-state index is 2.48. The fourth-order valence-corrected chi connectivity index (χ4v) is 7.82. The molecule has 9 aromatic rings. The van der Waals surface area contributed by atoms with Gasteiger partial charge in [-0.3, -0.25) is 0 Å². The maximum Gasteiger partial charge on any atom is 0.0542 e. The number of benzene rings is 6. The molecule has 3 heteroatoms. The van der Waals surface area contributed by atoms with Gasteiger partial charge in [0.1, 0.15) is 0 Å². The standard InChI is InChI=1S/C42H29N3/c1-6-19-37-31(14-1)32-15-2-7-20-38(32)43(37)28-12-11-13-29(26-28)44-41-23-10-5-18-35(41)36-27-30(24-25-42(36)44)45-39-21-8-3-16-33(39)34-17-4-9-22-40(34)45/h1-6,8-19,21-27H,7,20H2. The molecule has 45 heavy (non-hydrogen) atoms. The SMILES string of the molecule is C1=Cc2c(n(-c3cccc(-n4c5ccccc5c5cc(-n6c7ccccc7c7ccccc76)ccc54)c3)c3ccccc23)CC1. The molecule has 0 fully saturated rings. The van der Waals surface area contributed by atoms with E-state index in [1.807, 2.05) is 0 Å². The lowest BCUT2D eigenvalue weighted by molar-refractivity contribution is 0.888. The summed E-state index contributed by atoms with van der Waals surface area (Å²) in [5.41, 5.74) is 12.4. The number of allylic oxidation sites excluding steroid dienone is 1. The van der Waals surface area contributed by atoms with Crippen LogP contribution in [0.15, 0.2) is 146 Å². The second kappa shape index (κ2) is 9.35. The molecular weight excluding hydrogens is 546 g/mol. The largest absolute Gasteiger partial charge is 0.313 e. The van der Waals surface area contributed by atoms with Gasteiger partial charge in [-0.25, -0.2) is 0 Å². The van der Waals surface area contributed by atoms with E-state index in [0.717, 1.165) is 12.8 Å². The highest BCUT2D eigenvalue weighted by Crippen LogP contribution is 2.38. The Morgan fingerprint density at radius 3 is 1.51 bits per heavy atom. The number of para-hydroxylation sites is 4. The van der Waals surface area contributed by atoms with Gasteiger partial charge >= 0.3 is 0 Å². The molecule has 0 N–H and O–H groups in total. The van der Waals surface area contributed by atoms with Crippen molar-refractivity contribution in [2.75, 3.05) is 0 Å². The molecule has 0 radical (unpaired) electrons. The Balaban J connectivity index is 1.21. The summed E-state index contributed by atoms with van der Waals surface area (Å²) in [4.78, 5) is 0. The predicted molar refractivity (Wildman–Crippen MR) is 189 cm³/mol. The van der Waals surface area contributed by atoms with Crippen molar-refractivity contribution in [3.05, 3.63) is 157 Å². The average Bonchev–Trinajstić information content (AvgIpc) is 3.74. The van der Waals surface area contributed by atoms with Gasteiger partial charge in [-0.2, -0.15) is 0 Å². The Hall–Kier alpha value is -5.80. The Morgan fingerprint density at radius 1 is 0.378 bits per heavy atom. The normalized spacial score (nSPS) is 13.1. The molecule has 0 unspecified atom stereocenters. The lowest BCUT2D eigenvalue weighted by Crippen LogP contribution is -2.04. The molecule has 1 aliphatic carbocycles. The molecule has 0 aliphatic heterocycles. The summed E-state index contributed by atoms with van der Waals surface area (Å²) in [6, 6.07) is 51.1. The molecule has 6 aromatic carbocycles. The van der Waals surface area contributed by atoms with Crippen molar-refractivity contribution in [3.63, 3.8) is 0 Å². The number of hydrogen-bond donors (Lipinski definition) is 0. The molecule has 0 saturated carbocycles. The lowest BCUT2D eigenvalue weighted by atomic mass is 10.0. The van der Waals surface area contributed by atoms with Crippen LogP contribution >= 0.6 is 0 Å². The zero-order valence-corrected chi connectivity index (χ0v) is 24.7. The number of nitrogens with zero attached hydrogens (tertiary/aromatic N) is 3. The molecule has 0 saturated heterocycles. The number of rotatable bonds is 3. The van der Waals surface area contributed by atoms with Gasteiger partial charge in [-0.1, -0.05) is 91.0 Å². The second-order valence-corrected chi connectivity index (χ2v) is 12.1. The molecule has 0 atom stereocenters. The van der Waals surface area contributed by atoms with Crippen molar-refractivity contribution < 1.29 is 0 Å². The van der Waals surface area contributed by atoms with E-state index in [1.165, 1.54) is 82.8 Å². The number of fused-ring (bicyclic) bond motifs is 9. The van der Waals surface area contributed by atoms with Crippen LogP contribution in [0.5, 0.6) is 0 Å². The molecule has 0 spiro atoms. The summed E-state index contributed by atoms with van der Waals surface area (Å²) in [7, 11) is 0. The fourth-order valence-electron chi connectivity index (χ4n) is 7.82. The summed E-state index contributed by atoms with van der Waals surface area (Å²) in [6.07, 6.45) is 6.74. The summed E-state index contributed by atoms with van der Waals surface area (Å²) in [6.45, 7) is 0. The van der Waals surface area contributed by atoms with Crippen molar-refractivity contribution in [1.29, 1.82) is 0 Å². The van der Waals surface area contributed by atoms with Crippen LogP contribution in [0.2, 0.25) is 0 Å². The molecule has 0 amide bonds. The van der Waals surface area contributed by atoms with E-state index < -0.39 is 0 Å². The molecule has 3 heterocycles. The van der Waals surface area contributed by atoms with E-state index >= 15 is 0 Å². The van der Waals surface area contributed by atoms with Gasteiger partial charge in [0, 0.05) is 55.3 Å². The lowest BCUT2D eigenvalue weighted by Gasteiger charge is -2.16. The Morgan fingerprint density at radius 2 is 0.867 bits per heavy atom. The van der Waals surface area contributed by atoms with Crippen LogP contribution in [0, 0.1) is 0 Å². The van der Waals surface area contributed by atoms with Crippen LogP contribution < -0.4 is 0 Å². The third-order valence-electron chi connectivity index (χ3n) is 9.69. The van der Waals surface area contributed by atoms with Gasteiger partial charge in [0.2, 0.25) is 0 Å². The summed E-state index contributed by atoms with van der Waals surface area (Å²) in [5, 5.41) is 6.40. The van der Waals surface area contributed by atoms with Crippen molar-refractivity contribution in [2.45, 2.75) is 12.8 Å². The molecular formula is C42H29N3.